The van der Waals surface area contributed by atoms with Gasteiger partial charge in [-0.05, 0) is 56.5 Å². The summed E-state index contributed by atoms with van der Waals surface area (Å²) < 4.78 is 60.6. The van der Waals surface area contributed by atoms with Gasteiger partial charge in [0, 0.05) is 30.3 Å². The van der Waals surface area contributed by atoms with Crippen molar-refractivity contribution < 1.29 is 26.7 Å². The molecular formula is C21H24F2N2O4S. The molecule has 30 heavy (non-hydrogen) atoms. The standard InChI is InChI=1S/C21H24F2N2O4S/c1-14(11-18-19(22)8-3-9-20(18)23)25-21(26)15-5-2-7-17(12-15)30(27,28)24-13-16-6-4-10-29-16/h2-3,5,7-9,12,14,16,24H,4,6,10-11,13H2,1H3,(H,25,26). The van der Waals surface area contributed by atoms with Crippen molar-refractivity contribution in [3.8, 4) is 0 Å². The first-order chi connectivity index (χ1) is 14.3. The Kier molecular flexibility index (Phi) is 7.17. The number of nitrogens with one attached hydrogen (secondary N) is 2. The molecule has 0 bridgehead atoms. The summed E-state index contributed by atoms with van der Waals surface area (Å²) in [5.41, 5.74) is 0.0239. The summed E-state index contributed by atoms with van der Waals surface area (Å²) in [6, 6.07) is 8.63. The third kappa shape index (κ3) is 5.62. The lowest BCUT2D eigenvalue weighted by Crippen LogP contribution is -2.35. The van der Waals surface area contributed by atoms with E-state index in [4.69, 9.17) is 4.74 Å². The van der Waals surface area contributed by atoms with Gasteiger partial charge in [0.05, 0.1) is 11.0 Å². The number of amides is 1. The molecule has 162 valence electrons. The summed E-state index contributed by atoms with van der Waals surface area (Å²) in [6.45, 7) is 2.41. The molecule has 1 fully saturated rings. The predicted molar refractivity (Wildman–Crippen MR) is 108 cm³/mol. The summed E-state index contributed by atoms with van der Waals surface area (Å²) in [5.74, 6) is -1.89. The van der Waals surface area contributed by atoms with Crippen LogP contribution in [0.2, 0.25) is 0 Å². The van der Waals surface area contributed by atoms with Crippen molar-refractivity contribution in [3.05, 3.63) is 65.2 Å². The maximum atomic E-state index is 13.8. The molecule has 3 rings (SSSR count). The van der Waals surface area contributed by atoms with Crippen molar-refractivity contribution >= 4 is 15.9 Å². The molecule has 2 aromatic rings. The van der Waals surface area contributed by atoms with Gasteiger partial charge in [0.15, 0.2) is 0 Å². The summed E-state index contributed by atoms with van der Waals surface area (Å²) in [4.78, 5) is 12.5. The highest BCUT2D eigenvalue weighted by molar-refractivity contribution is 7.89. The van der Waals surface area contributed by atoms with E-state index in [1.807, 2.05) is 0 Å². The highest BCUT2D eigenvalue weighted by Gasteiger charge is 2.21. The monoisotopic (exact) mass is 438 g/mol. The zero-order valence-electron chi connectivity index (χ0n) is 16.5. The molecule has 0 spiro atoms. The highest BCUT2D eigenvalue weighted by atomic mass is 32.2. The molecule has 1 saturated heterocycles. The van der Waals surface area contributed by atoms with Gasteiger partial charge in [0.2, 0.25) is 10.0 Å². The fourth-order valence-electron chi connectivity index (χ4n) is 3.29. The minimum Gasteiger partial charge on any atom is -0.377 e. The smallest absolute Gasteiger partial charge is 0.251 e. The molecule has 2 N–H and O–H groups in total. The van der Waals surface area contributed by atoms with Crippen molar-refractivity contribution in [1.82, 2.24) is 10.0 Å². The van der Waals surface area contributed by atoms with Crippen molar-refractivity contribution in [3.63, 3.8) is 0 Å². The number of ether oxygens (including phenoxy) is 1. The minimum absolute atomic E-state index is 0.0365. The molecular weight excluding hydrogens is 414 g/mol. The summed E-state index contributed by atoms with van der Waals surface area (Å²) in [7, 11) is -3.80. The second-order valence-corrected chi connectivity index (χ2v) is 9.06. The third-order valence-electron chi connectivity index (χ3n) is 4.88. The molecule has 6 nitrogen and oxygen atoms in total. The normalized spacial score (nSPS) is 17.6. The lowest BCUT2D eigenvalue weighted by atomic mass is 10.1. The molecule has 0 aromatic heterocycles. The molecule has 9 heteroatoms. The van der Waals surface area contributed by atoms with Crippen LogP contribution in [-0.4, -0.2) is 39.6 Å². The van der Waals surface area contributed by atoms with Gasteiger partial charge in [0.1, 0.15) is 11.6 Å². The zero-order chi connectivity index (χ0) is 21.7. The first-order valence-corrected chi connectivity index (χ1v) is 11.2. The van der Waals surface area contributed by atoms with Gasteiger partial charge in [-0.15, -0.1) is 0 Å². The van der Waals surface area contributed by atoms with Crippen LogP contribution < -0.4 is 10.0 Å². The number of carbonyl (C=O) groups excluding carboxylic acids is 1. The number of benzene rings is 2. The van der Waals surface area contributed by atoms with E-state index in [1.54, 1.807) is 6.92 Å². The van der Waals surface area contributed by atoms with E-state index in [0.29, 0.717) is 6.61 Å². The van der Waals surface area contributed by atoms with E-state index in [9.17, 15) is 22.0 Å². The molecule has 2 atom stereocenters. The average molecular weight is 438 g/mol. The van der Waals surface area contributed by atoms with Gasteiger partial charge in [-0.3, -0.25) is 4.79 Å². The van der Waals surface area contributed by atoms with Crippen LogP contribution in [0.5, 0.6) is 0 Å². The SMILES string of the molecule is CC(Cc1c(F)cccc1F)NC(=O)c1cccc(S(=O)(=O)NCC2CCCO2)c1. The van der Waals surface area contributed by atoms with Crippen LogP contribution in [0.15, 0.2) is 47.4 Å². The van der Waals surface area contributed by atoms with E-state index in [2.05, 4.69) is 10.0 Å². The number of hydrogen-bond acceptors (Lipinski definition) is 4. The molecule has 0 radical (unpaired) electrons. The third-order valence-corrected chi connectivity index (χ3v) is 6.30. The maximum Gasteiger partial charge on any atom is 0.251 e. The Morgan fingerprint density at radius 3 is 2.57 bits per heavy atom. The number of rotatable bonds is 8. The second kappa shape index (κ2) is 9.63. The number of carbonyl (C=O) groups is 1. The summed E-state index contributed by atoms with van der Waals surface area (Å²) >= 11 is 0. The quantitative estimate of drug-likeness (QED) is 0.664. The van der Waals surface area contributed by atoms with E-state index in [-0.39, 0.29) is 35.1 Å². The van der Waals surface area contributed by atoms with Crippen LogP contribution in [-0.2, 0) is 21.2 Å². The molecule has 2 unspecified atom stereocenters. The summed E-state index contributed by atoms with van der Waals surface area (Å²) in [5, 5.41) is 2.65. The van der Waals surface area contributed by atoms with E-state index in [0.717, 1.165) is 25.0 Å². The zero-order valence-corrected chi connectivity index (χ0v) is 17.3. The number of sulfonamides is 1. The fraction of sp³-hybridized carbons (Fsp3) is 0.381. The van der Waals surface area contributed by atoms with Crippen molar-refractivity contribution in [2.24, 2.45) is 0 Å². The fourth-order valence-corrected chi connectivity index (χ4v) is 4.40. The van der Waals surface area contributed by atoms with Gasteiger partial charge in [0.25, 0.3) is 5.91 Å². The maximum absolute atomic E-state index is 13.8. The van der Waals surface area contributed by atoms with Crippen LogP contribution in [0, 0.1) is 11.6 Å². The first-order valence-electron chi connectivity index (χ1n) is 9.71. The first kappa shape index (κ1) is 22.3. The van der Waals surface area contributed by atoms with Crippen LogP contribution in [0.4, 0.5) is 8.78 Å². The lowest BCUT2D eigenvalue weighted by molar-refractivity contribution is 0.0939. The minimum atomic E-state index is -3.80. The largest absolute Gasteiger partial charge is 0.377 e. The van der Waals surface area contributed by atoms with E-state index in [1.165, 1.54) is 30.3 Å². The molecule has 1 aliphatic rings. The lowest BCUT2D eigenvalue weighted by Gasteiger charge is -2.16. The van der Waals surface area contributed by atoms with Crippen LogP contribution in [0.25, 0.3) is 0 Å². The molecule has 0 saturated carbocycles. The Balaban J connectivity index is 1.65. The predicted octanol–water partition coefficient (Wildman–Crippen LogP) is 2.78. The average Bonchev–Trinajstić information content (AvgIpc) is 3.23. The molecule has 1 aliphatic heterocycles. The molecule has 2 aromatic carbocycles. The van der Waals surface area contributed by atoms with Crippen molar-refractivity contribution in [2.45, 2.75) is 43.2 Å². The molecule has 1 heterocycles. The molecule has 1 amide bonds. The molecule has 0 aliphatic carbocycles. The Morgan fingerprint density at radius 1 is 1.20 bits per heavy atom. The Morgan fingerprint density at radius 2 is 1.90 bits per heavy atom. The highest BCUT2D eigenvalue weighted by Crippen LogP contribution is 2.16. The Labute approximate surface area is 174 Å². The van der Waals surface area contributed by atoms with Crippen molar-refractivity contribution in [2.75, 3.05) is 13.2 Å². The van der Waals surface area contributed by atoms with Crippen molar-refractivity contribution in [1.29, 1.82) is 0 Å². The van der Waals surface area contributed by atoms with Gasteiger partial charge >= 0.3 is 0 Å². The number of hydrogen-bond donors (Lipinski definition) is 2. The van der Waals surface area contributed by atoms with E-state index >= 15 is 0 Å². The Bertz CT molecular complexity index is 988. The van der Waals surface area contributed by atoms with Gasteiger partial charge in [-0.1, -0.05) is 12.1 Å². The van der Waals surface area contributed by atoms with Crippen LogP contribution >= 0.6 is 0 Å². The van der Waals surface area contributed by atoms with E-state index < -0.39 is 33.6 Å². The van der Waals surface area contributed by atoms with Gasteiger partial charge < -0.3 is 10.1 Å². The summed E-state index contributed by atoms with van der Waals surface area (Å²) in [6.07, 6.45) is 1.51. The van der Waals surface area contributed by atoms with Crippen LogP contribution in [0.1, 0.15) is 35.7 Å². The van der Waals surface area contributed by atoms with Gasteiger partial charge in [-0.2, -0.15) is 0 Å². The number of halogens is 2. The second-order valence-electron chi connectivity index (χ2n) is 7.29. The van der Waals surface area contributed by atoms with Crippen LogP contribution in [0.3, 0.4) is 0 Å². The van der Waals surface area contributed by atoms with Gasteiger partial charge in [-0.25, -0.2) is 21.9 Å². The topological polar surface area (TPSA) is 84.5 Å². The Hall–Kier alpha value is -2.36.